The van der Waals surface area contributed by atoms with Gasteiger partial charge >= 0.3 is 0 Å². The minimum atomic E-state index is -0.433. The second kappa shape index (κ2) is 4.31. The summed E-state index contributed by atoms with van der Waals surface area (Å²) in [5.41, 5.74) is -0.433. The molecule has 2 heteroatoms. The van der Waals surface area contributed by atoms with Crippen molar-refractivity contribution in [2.75, 3.05) is 0 Å². The maximum atomic E-state index is 5.04. The lowest BCUT2D eigenvalue weighted by atomic mass is 10.1. The van der Waals surface area contributed by atoms with Crippen LogP contribution in [0.1, 0.15) is 20.8 Å². The maximum absolute atomic E-state index is 5.04. The lowest BCUT2D eigenvalue weighted by Crippen LogP contribution is -2.23. The number of rotatable bonds is 5. The molecule has 0 spiro atoms. The van der Waals surface area contributed by atoms with Crippen molar-refractivity contribution in [1.29, 1.82) is 0 Å². The highest BCUT2D eigenvalue weighted by Gasteiger charge is 2.15. The molecule has 0 saturated heterocycles. The molecule has 0 aliphatic heterocycles. The van der Waals surface area contributed by atoms with Crippen molar-refractivity contribution in [2.24, 2.45) is 0 Å². The van der Waals surface area contributed by atoms with Crippen LogP contribution in [0.25, 0.3) is 0 Å². The Morgan fingerprint density at radius 3 is 2.27 bits per heavy atom. The monoisotopic (exact) mass is 156 g/mol. The first-order valence-corrected chi connectivity index (χ1v) is 3.62. The van der Waals surface area contributed by atoms with Gasteiger partial charge in [-0.3, -0.25) is 0 Å². The van der Waals surface area contributed by atoms with Crippen molar-refractivity contribution in [1.82, 2.24) is 0 Å². The highest BCUT2D eigenvalue weighted by molar-refractivity contribution is 4.88. The lowest BCUT2D eigenvalue weighted by Gasteiger charge is -2.20. The smallest absolute Gasteiger partial charge is 0.116 e. The van der Waals surface area contributed by atoms with Crippen LogP contribution >= 0.6 is 0 Å². The molecule has 0 saturated carbocycles. The van der Waals surface area contributed by atoms with Crippen molar-refractivity contribution in [3.63, 3.8) is 0 Å². The molecule has 0 N–H and O–H groups in total. The van der Waals surface area contributed by atoms with Gasteiger partial charge in [0.2, 0.25) is 0 Å². The van der Waals surface area contributed by atoms with Crippen LogP contribution in [-0.2, 0) is 9.78 Å². The minimum absolute atomic E-state index is 0.0887. The summed E-state index contributed by atoms with van der Waals surface area (Å²) < 4.78 is 0. The largest absolute Gasteiger partial charge is 0.229 e. The second-order valence-corrected chi connectivity index (χ2v) is 2.93. The molecule has 1 unspecified atom stereocenters. The predicted octanol–water partition coefficient (Wildman–Crippen LogP) is 2.47. The van der Waals surface area contributed by atoms with E-state index in [1.165, 1.54) is 0 Å². The third kappa shape index (κ3) is 4.76. The van der Waals surface area contributed by atoms with Gasteiger partial charge in [-0.1, -0.05) is 12.2 Å². The van der Waals surface area contributed by atoms with E-state index in [0.717, 1.165) is 0 Å². The summed E-state index contributed by atoms with van der Waals surface area (Å²) in [6, 6.07) is 0. The molecule has 0 fully saturated rings. The molecule has 0 radical (unpaired) electrons. The van der Waals surface area contributed by atoms with Crippen molar-refractivity contribution >= 4 is 0 Å². The Kier molecular flexibility index (Phi) is 4.08. The summed E-state index contributed by atoms with van der Waals surface area (Å²) in [6.45, 7) is 12.8. The topological polar surface area (TPSA) is 18.5 Å². The summed E-state index contributed by atoms with van der Waals surface area (Å²) >= 11 is 0. The minimum Gasteiger partial charge on any atom is -0.229 e. The average molecular weight is 156 g/mol. The van der Waals surface area contributed by atoms with E-state index >= 15 is 0 Å². The van der Waals surface area contributed by atoms with Crippen LogP contribution in [0.2, 0.25) is 0 Å². The van der Waals surface area contributed by atoms with Gasteiger partial charge in [0.1, 0.15) is 11.7 Å². The normalized spacial score (nSPS) is 14.1. The molecule has 11 heavy (non-hydrogen) atoms. The van der Waals surface area contributed by atoms with Crippen LogP contribution < -0.4 is 0 Å². The fourth-order valence-electron chi connectivity index (χ4n) is 0.273. The molecular weight excluding hydrogens is 140 g/mol. The molecule has 0 aliphatic carbocycles. The molecular formula is C9H16O2. The van der Waals surface area contributed by atoms with Gasteiger partial charge in [-0.05, 0) is 20.8 Å². The Morgan fingerprint density at radius 1 is 1.36 bits per heavy atom. The lowest BCUT2D eigenvalue weighted by molar-refractivity contribution is -0.353. The quantitative estimate of drug-likeness (QED) is 0.346. The summed E-state index contributed by atoms with van der Waals surface area (Å²) in [6.07, 6.45) is 3.26. The van der Waals surface area contributed by atoms with E-state index in [-0.39, 0.29) is 6.10 Å². The van der Waals surface area contributed by atoms with Crippen LogP contribution in [0, 0.1) is 0 Å². The van der Waals surface area contributed by atoms with Gasteiger partial charge in [0, 0.05) is 0 Å². The Bertz CT molecular complexity index is 138. The van der Waals surface area contributed by atoms with E-state index in [0.29, 0.717) is 0 Å². The fourth-order valence-corrected chi connectivity index (χ4v) is 0.273. The highest BCUT2D eigenvalue weighted by atomic mass is 17.2. The molecule has 64 valence electrons. The summed E-state index contributed by atoms with van der Waals surface area (Å²) in [5.74, 6) is 0. The molecule has 0 aromatic rings. The first-order chi connectivity index (χ1) is 5.02. The van der Waals surface area contributed by atoms with Gasteiger partial charge in [-0.2, -0.15) is 0 Å². The van der Waals surface area contributed by atoms with Gasteiger partial charge in [0.15, 0.2) is 0 Å². The van der Waals surface area contributed by atoms with Crippen molar-refractivity contribution in [3.05, 3.63) is 25.3 Å². The molecule has 0 aromatic heterocycles. The molecule has 0 aromatic carbocycles. The zero-order valence-corrected chi connectivity index (χ0v) is 7.46. The molecule has 0 bridgehead atoms. The first-order valence-electron chi connectivity index (χ1n) is 3.62. The van der Waals surface area contributed by atoms with E-state index in [9.17, 15) is 0 Å². The van der Waals surface area contributed by atoms with Gasteiger partial charge in [0.25, 0.3) is 0 Å². The fraction of sp³-hybridized carbons (Fsp3) is 0.556. The molecule has 0 amide bonds. The first kappa shape index (κ1) is 10.4. The van der Waals surface area contributed by atoms with Crippen molar-refractivity contribution in [3.8, 4) is 0 Å². The van der Waals surface area contributed by atoms with Crippen LogP contribution in [0.15, 0.2) is 25.3 Å². The molecule has 1 atom stereocenters. The van der Waals surface area contributed by atoms with Crippen molar-refractivity contribution in [2.45, 2.75) is 32.5 Å². The van der Waals surface area contributed by atoms with E-state index < -0.39 is 5.60 Å². The molecule has 2 nitrogen and oxygen atoms in total. The van der Waals surface area contributed by atoms with E-state index in [1.54, 1.807) is 12.2 Å². The Morgan fingerprint density at radius 2 is 1.91 bits per heavy atom. The second-order valence-electron chi connectivity index (χ2n) is 2.93. The molecule has 0 aliphatic rings. The third-order valence-electron chi connectivity index (χ3n) is 1.24. The highest BCUT2D eigenvalue weighted by Crippen LogP contribution is 2.11. The summed E-state index contributed by atoms with van der Waals surface area (Å²) in [5, 5.41) is 0. The zero-order valence-electron chi connectivity index (χ0n) is 7.46. The van der Waals surface area contributed by atoms with Crippen LogP contribution in [0.3, 0.4) is 0 Å². The Balaban J connectivity index is 3.68. The van der Waals surface area contributed by atoms with Gasteiger partial charge in [-0.25, -0.2) is 9.78 Å². The van der Waals surface area contributed by atoms with E-state index in [1.807, 2.05) is 20.8 Å². The van der Waals surface area contributed by atoms with Gasteiger partial charge in [0.05, 0.1) is 0 Å². The average Bonchev–Trinajstić information content (AvgIpc) is 2.00. The van der Waals surface area contributed by atoms with Gasteiger partial charge < -0.3 is 0 Å². The van der Waals surface area contributed by atoms with Crippen molar-refractivity contribution < 1.29 is 9.78 Å². The molecule has 0 heterocycles. The predicted molar refractivity (Wildman–Crippen MR) is 46.1 cm³/mol. The zero-order chi connectivity index (χ0) is 8.91. The summed E-state index contributed by atoms with van der Waals surface area (Å²) in [4.78, 5) is 10.00. The van der Waals surface area contributed by atoms with Crippen LogP contribution in [0.4, 0.5) is 0 Å². The Hall–Kier alpha value is -0.600. The van der Waals surface area contributed by atoms with Crippen LogP contribution in [0.5, 0.6) is 0 Å². The SMILES string of the molecule is C=CC(C)OOC(C)(C)C=C. The Labute approximate surface area is 68.4 Å². The summed E-state index contributed by atoms with van der Waals surface area (Å²) in [7, 11) is 0. The molecule has 0 rings (SSSR count). The van der Waals surface area contributed by atoms with E-state index in [4.69, 9.17) is 9.78 Å². The van der Waals surface area contributed by atoms with E-state index in [2.05, 4.69) is 13.2 Å². The maximum Gasteiger partial charge on any atom is 0.116 e. The van der Waals surface area contributed by atoms with Crippen LogP contribution in [-0.4, -0.2) is 11.7 Å². The number of hydrogen-bond acceptors (Lipinski definition) is 2. The standard InChI is InChI=1S/C9H16O2/c1-6-8(3)10-11-9(4,5)7-2/h6-8H,1-2H2,3-5H3. The third-order valence-corrected chi connectivity index (χ3v) is 1.24. The van der Waals surface area contributed by atoms with Gasteiger partial charge in [-0.15, -0.1) is 13.2 Å². The number of hydrogen-bond donors (Lipinski definition) is 0.